The minimum Gasteiger partial charge on any atom is -0.0619 e. The molecule has 0 fully saturated rings. The predicted octanol–water partition coefficient (Wildman–Crippen LogP) is 15.9. The van der Waals surface area contributed by atoms with Gasteiger partial charge in [-0.15, -0.1) is 0 Å². The molecule has 0 radical (unpaired) electrons. The van der Waals surface area contributed by atoms with Crippen molar-refractivity contribution in [2.75, 3.05) is 0 Å². The Bertz CT molecular complexity index is 3390. The van der Waals surface area contributed by atoms with Crippen LogP contribution in [0.1, 0.15) is 49.9 Å². The van der Waals surface area contributed by atoms with E-state index in [1.165, 1.54) is 121 Å². The molecule has 0 spiro atoms. The molecule has 0 unspecified atom stereocenters. The quantitative estimate of drug-likeness (QED) is 0.158. The predicted molar refractivity (Wildman–Crippen MR) is 248 cm³/mol. The SMILES string of the molecule is CC1(C)c2ccccc2-c2c1ccc1c2-c2cc(-c3cccc(-c4ccc5cc(-c6cc7ccc8ccccc8c7c7ccccc67)ccc5c4)c3)ccc2C1(C)C. The summed E-state index contributed by atoms with van der Waals surface area (Å²) in [7, 11) is 0. The molecule has 0 amide bonds. The highest BCUT2D eigenvalue weighted by molar-refractivity contribution is 6.23. The average molecular weight is 739 g/mol. The van der Waals surface area contributed by atoms with Crippen LogP contribution in [-0.2, 0) is 10.8 Å². The standard InChI is InChI=1S/C58H42/c1-57(2)50-19-10-9-18-47(50)55-52(57)28-29-53-56(55)49-33-41(26-27-51(49)58(53,3)4)37-14-11-13-36(30-37)38-21-22-40-32-42(24-23-39(40)31-38)48-34-43-25-20-35-12-5-6-15-44(35)54(43)46-17-8-7-16-45(46)48/h5-34H,1-4H3. The highest BCUT2D eigenvalue weighted by atomic mass is 14.5. The minimum absolute atomic E-state index is 0.0260. The first-order chi connectivity index (χ1) is 28.3. The summed E-state index contributed by atoms with van der Waals surface area (Å²) in [6.45, 7) is 9.55. The van der Waals surface area contributed by atoms with Gasteiger partial charge in [-0.2, -0.15) is 0 Å². The van der Waals surface area contributed by atoms with Gasteiger partial charge in [0.1, 0.15) is 0 Å². The molecule has 0 aliphatic heterocycles. The lowest BCUT2D eigenvalue weighted by Crippen LogP contribution is -2.17. The third-order valence-corrected chi connectivity index (χ3v) is 13.8. The van der Waals surface area contributed by atoms with E-state index < -0.39 is 0 Å². The van der Waals surface area contributed by atoms with Gasteiger partial charge in [0.05, 0.1) is 0 Å². The Morgan fingerprint density at radius 3 is 1.57 bits per heavy atom. The highest BCUT2D eigenvalue weighted by Gasteiger charge is 2.43. The maximum Gasteiger partial charge on any atom is 0.0159 e. The number of hydrogen-bond acceptors (Lipinski definition) is 0. The summed E-state index contributed by atoms with van der Waals surface area (Å²) in [5, 5.41) is 10.3. The van der Waals surface area contributed by atoms with Crippen LogP contribution in [0.2, 0.25) is 0 Å². The molecule has 10 aromatic rings. The van der Waals surface area contributed by atoms with E-state index in [0.29, 0.717) is 0 Å². The van der Waals surface area contributed by atoms with E-state index in [-0.39, 0.29) is 10.8 Å². The van der Waals surface area contributed by atoms with Crippen LogP contribution in [0.15, 0.2) is 182 Å². The zero-order valence-electron chi connectivity index (χ0n) is 33.3. The summed E-state index contributed by atoms with van der Waals surface area (Å²) in [5.74, 6) is 0. The molecule has 2 aliphatic rings. The normalized spacial score (nSPS) is 14.5. The van der Waals surface area contributed by atoms with E-state index in [0.717, 1.165) is 0 Å². The third-order valence-electron chi connectivity index (χ3n) is 13.8. The van der Waals surface area contributed by atoms with Crippen LogP contribution in [-0.4, -0.2) is 0 Å². The van der Waals surface area contributed by atoms with Gasteiger partial charge in [-0.25, -0.2) is 0 Å². The molecule has 0 N–H and O–H groups in total. The Balaban J connectivity index is 0.929. The fraction of sp³-hybridized carbons (Fsp3) is 0.103. The van der Waals surface area contributed by atoms with Crippen LogP contribution in [0.5, 0.6) is 0 Å². The van der Waals surface area contributed by atoms with Crippen molar-refractivity contribution in [1.82, 2.24) is 0 Å². The van der Waals surface area contributed by atoms with E-state index >= 15 is 0 Å². The maximum absolute atomic E-state index is 2.47. The largest absolute Gasteiger partial charge is 0.0619 e. The Kier molecular flexibility index (Phi) is 6.84. The van der Waals surface area contributed by atoms with Crippen LogP contribution in [0.3, 0.4) is 0 Å². The smallest absolute Gasteiger partial charge is 0.0159 e. The van der Waals surface area contributed by atoms with Crippen molar-refractivity contribution in [1.29, 1.82) is 0 Å². The van der Waals surface area contributed by atoms with Crippen LogP contribution in [0, 0.1) is 0 Å². The number of fused-ring (bicyclic) bond motifs is 13. The van der Waals surface area contributed by atoms with Gasteiger partial charge in [-0.05, 0) is 151 Å². The van der Waals surface area contributed by atoms with Crippen LogP contribution in [0.4, 0.5) is 0 Å². The van der Waals surface area contributed by atoms with Gasteiger partial charge in [-0.3, -0.25) is 0 Å². The zero-order valence-corrected chi connectivity index (χ0v) is 33.3. The van der Waals surface area contributed by atoms with Gasteiger partial charge in [0.25, 0.3) is 0 Å². The van der Waals surface area contributed by atoms with Gasteiger partial charge in [0.2, 0.25) is 0 Å². The lowest BCUT2D eigenvalue weighted by atomic mass is 9.79. The summed E-state index contributed by atoms with van der Waals surface area (Å²) < 4.78 is 0. The fourth-order valence-electron chi connectivity index (χ4n) is 10.8. The maximum atomic E-state index is 2.47. The third kappa shape index (κ3) is 4.63. The lowest BCUT2D eigenvalue weighted by Gasteiger charge is -2.24. The second-order valence-corrected chi connectivity index (χ2v) is 17.7. The minimum atomic E-state index is -0.0665. The van der Waals surface area contributed by atoms with Gasteiger partial charge in [0, 0.05) is 10.8 Å². The van der Waals surface area contributed by atoms with Crippen LogP contribution >= 0.6 is 0 Å². The van der Waals surface area contributed by atoms with Crippen molar-refractivity contribution in [2.24, 2.45) is 0 Å². The molecule has 0 atom stereocenters. The van der Waals surface area contributed by atoms with Gasteiger partial charge in [-0.1, -0.05) is 179 Å². The molecule has 2 aliphatic carbocycles. The van der Waals surface area contributed by atoms with E-state index in [1.54, 1.807) is 0 Å². The number of benzene rings is 10. The van der Waals surface area contributed by atoms with E-state index in [1.807, 2.05) is 0 Å². The Labute approximate surface area is 340 Å². The second-order valence-electron chi connectivity index (χ2n) is 17.7. The molecule has 10 aromatic carbocycles. The lowest BCUT2D eigenvalue weighted by molar-refractivity contribution is 0.651. The van der Waals surface area contributed by atoms with E-state index in [2.05, 4.69) is 210 Å². The van der Waals surface area contributed by atoms with Crippen molar-refractivity contribution in [2.45, 2.75) is 38.5 Å². The molecule has 0 saturated heterocycles. The Morgan fingerprint density at radius 2 is 0.793 bits per heavy atom. The summed E-state index contributed by atoms with van der Waals surface area (Å²) in [6.07, 6.45) is 0. The van der Waals surface area contributed by atoms with E-state index in [4.69, 9.17) is 0 Å². The molecule has 0 saturated carbocycles. The van der Waals surface area contributed by atoms with Gasteiger partial charge >= 0.3 is 0 Å². The van der Waals surface area contributed by atoms with Crippen molar-refractivity contribution >= 4 is 43.1 Å². The van der Waals surface area contributed by atoms with Gasteiger partial charge in [0.15, 0.2) is 0 Å². The van der Waals surface area contributed by atoms with Crippen molar-refractivity contribution in [3.63, 3.8) is 0 Å². The molecule has 274 valence electrons. The molecular weight excluding hydrogens is 697 g/mol. The molecule has 0 heteroatoms. The number of rotatable bonds is 3. The van der Waals surface area contributed by atoms with Crippen molar-refractivity contribution < 1.29 is 0 Å². The van der Waals surface area contributed by atoms with Crippen molar-refractivity contribution in [3.8, 4) is 55.6 Å². The summed E-state index contributed by atoms with van der Waals surface area (Å²) >= 11 is 0. The first-order valence-corrected chi connectivity index (χ1v) is 20.7. The molecule has 0 bridgehead atoms. The van der Waals surface area contributed by atoms with Crippen LogP contribution in [0.25, 0.3) is 98.7 Å². The first kappa shape index (κ1) is 33.4. The zero-order chi connectivity index (χ0) is 38.9. The fourth-order valence-corrected chi connectivity index (χ4v) is 10.8. The summed E-state index contributed by atoms with van der Waals surface area (Å²) in [5.41, 5.74) is 18.7. The molecule has 0 heterocycles. The Hall–Kier alpha value is -6.76. The summed E-state index contributed by atoms with van der Waals surface area (Å²) in [4.78, 5) is 0. The topological polar surface area (TPSA) is 0 Å². The molecule has 0 aromatic heterocycles. The van der Waals surface area contributed by atoms with Crippen LogP contribution < -0.4 is 0 Å². The molecule has 12 rings (SSSR count). The molecule has 0 nitrogen and oxygen atoms in total. The van der Waals surface area contributed by atoms with E-state index in [9.17, 15) is 0 Å². The second kappa shape index (κ2) is 11.9. The monoisotopic (exact) mass is 738 g/mol. The first-order valence-electron chi connectivity index (χ1n) is 20.7. The number of hydrogen-bond donors (Lipinski definition) is 0. The Morgan fingerprint density at radius 1 is 0.276 bits per heavy atom. The van der Waals surface area contributed by atoms with Crippen molar-refractivity contribution in [3.05, 3.63) is 204 Å². The average Bonchev–Trinajstić information content (AvgIpc) is 3.64. The highest BCUT2D eigenvalue weighted by Crippen LogP contribution is 2.59. The summed E-state index contributed by atoms with van der Waals surface area (Å²) in [6, 6.07) is 68.6. The van der Waals surface area contributed by atoms with Gasteiger partial charge < -0.3 is 0 Å². The molecular formula is C58H42. The molecule has 58 heavy (non-hydrogen) atoms.